The Balaban J connectivity index is 1.67. The molecule has 2 aromatic rings. The highest BCUT2D eigenvalue weighted by Gasteiger charge is 2.15. The lowest BCUT2D eigenvalue weighted by atomic mass is 9.99. The number of hydrogen-bond acceptors (Lipinski definition) is 3. The van der Waals surface area contributed by atoms with Crippen molar-refractivity contribution >= 4 is 0 Å². The van der Waals surface area contributed by atoms with Gasteiger partial charge in [-0.3, -0.25) is 0 Å². The molecule has 0 saturated heterocycles. The molecule has 3 heteroatoms. The first-order valence-corrected chi connectivity index (χ1v) is 6.36. The molecule has 2 N–H and O–H groups in total. The first-order valence-electron chi connectivity index (χ1n) is 6.36. The Bertz CT molecular complexity index is 519. The number of ether oxygens (including phenoxy) is 1. The van der Waals surface area contributed by atoms with Crippen LogP contribution in [0.15, 0.2) is 41.0 Å². The molecule has 94 valence electrons. The van der Waals surface area contributed by atoms with E-state index in [4.69, 9.17) is 14.9 Å². The average Bonchev–Trinajstić information content (AvgIpc) is 3.05. The zero-order chi connectivity index (χ0) is 12.4. The van der Waals surface area contributed by atoms with Crippen LogP contribution in [-0.4, -0.2) is 6.61 Å². The highest BCUT2D eigenvalue weighted by Crippen LogP contribution is 2.28. The van der Waals surface area contributed by atoms with Crippen molar-refractivity contribution in [2.45, 2.75) is 25.3 Å². The summed E-state index contributed by atoms with van der Waals surface area (Å²) >= 11 is 0. The van der Waals surface area contributed by atoms with E-state index >= 15 is 0 Å². The van der Waals surface area contributed by atoms with E-state index in [0.717, 1.165) is 37.4 Å². The van der Waals surface area contributed by atoms with Crippen LogP contribution in [0.5, 0.6) is 5.75 Å². The Labute approximate surface area is 107 Å². The Morgan fingerprint density at radius 1 is 1.28 bits per heavy atom. The quantitative estimate of drug-likeness (QED) is 0.898. The van der Waals surface area contributed by atoms with E-state index in [0.29, 0.717) is 0 Å². The Morgan fingerprint density at radius 2 is 2.22 bits per heavy atom. The van der Waals surface area contributed by atoms with Crippen LogP contribution in [0.2, 0.25) is 0 Å². The van der Waals surface area contributed by atoms with Gasteiger partial charge in [-0.1, -0.05) is 12.1 Å². The number of aryl methyl sites for hydroxylation is 1. The van der Waals surface area contributed by atoms with Crippen LogP contribution in [0.1, 0.15) is 29.3 Å². The molecule has 0 spiro atoms. The van der Waals surface area contributed by atoms with Crippen molar-refractivity contribution in [3.8, 4) is 5.75 Å². The first-order chi connectivity index (χ1) is 8.83. The fraction of sp³-hybridized carbons (Fsp3) is 0.333. The molecule has 3 rings (SSSR count). The third-order valence-corrected chi connectivity index (χ3v) is 3.42. The monoisotopic (exact) mass is 243 g/mol. The zero-order valence-corrected chi connectivity index (χ0v) is 10.3. The molecule has 1 atom stereocenters. The summed E-state index contributed by atoms with van der Waals surface area (Å²) in [5.74, 6) is 2.01. The summed E-state index contributed by atoms with van der Waals surface area (Å²) in [5, 5.41) is 0. The molecule has 3 nitrogen and oxygen atoms in total. The first kappa shape index (κ1) is 11.4. The zero-order valence-electron chi connectivity index (χ0n) is 10.3. The lowest BCUT2D eigenvalue weighted by molar-refractivity contribution is 0.356. The standard InChI is InChI=1S/C15H17NO2/c16-14(5-4-13-2-1-8-17-13)11-3-6-15-12(10-11)7-9-18-15/h1-3,6,8,10,14H,4-5,7,9,16H2. The highest BCUT2D eigenvalue weighted by molar-refractivity contribution is 5.40. The summed E-state index contributed by atoms with van der Waals surface area (Å²) in [6, 6.07) is 10.2. The van der Waals surface area contributed by atoms with Gasteiger partial charge in [-0.05, 0) is 35.7 Å². The minimum Gasteiger partial charge on any atom is -0.493 e. The normalized spacial score (nSPS) is 15.2. The third kappa shape index (κ3) is 2.27. The van der Waals surface area contributed by atoms with Gasteiger partial charge in [0, 0.05) is 18.9 Å². The second-order valence-corrected chi connectivity index (χ2v) is 4.69. The number of fused-ring (bicyclic) bond motifs is 1. The molecule has 18 heavy (non-hydrogen) atoms. The van der Waals surface area contributed by atoms with Crippen LogP contribution >= 0.6 is 0 Å². The van der Waals surface area contributed by atoms with Gasteiger partial charge in [0.05, 0.1) is 12.9 Å². The van der Waals surface area contributed by atoms with Crippen LogP contribution in [0.25, 0.3) is 0 Å². The van der Waals surface area contributed by atoms with Crippen molar-refractivity contribution in [3.05, 3.63) is 53.5 Å². The van der Waals surface area contributed by atoms with Crippen molar-refractivity contribution in [3.63, 3.8) is 0 Å². The summed E-state index contributed by atoms with van der Waals surface area (Å²) in [7, 11) is 0. The molecule has 0 saturated carbocycles. The molecule has 0 amide bonds. The Kier molecular flexibility index (Phi) is 3.07. The predicted molar refractivity (Wildman–Crippen MR) is 69.6 cm³/mol. The molecule has 1 aromatic heterocycles. The maximum Gasteiger partial charge on any atom is 0.122 e. The highest BCUT2D eigenvalue weighted by atomic mass is 16.5. The fourth-order valence-corrected chi connectivity index (χ4v) is 2.36. The number of furan rings is 1. The van der Waals surface area contributed by atoms with Crippen molar-refractivity contribution in [1.29, 1.82) is 0 Å². The van der Waals surface area contributed by atoms with Gasteiger partial charge in [0.1, 0.15) is 11.5 Å². The second-order valence-electron chi connectivity index (χ2n) is 4.69. The average molecular weight is 243 g/mol. The topological polar surface area (TPSA) is 48.4 Å². The molecular weight excluding hydrogens is 226 g/mol. The van der Waals surface area contributed by atoms with Crippen molar-refractivity contribution in [2.24, 2.45) is 5.73 Å². The van der Waals surface area contributed by atoms with Gasteiger partial charge in [-0.15, -0.1) is 0 Å². The van der Waals surface area contributed by atoms with Gasteiger partial charge in [-0.25, -0.2) is 0 Å². The van der Waals surface area contributed by atoms with E-state index in [1.807, 2.05) is 18.2 Å². The molecule has 2 heterocycles. The van der Waals surface area contributed by atoms with Crippen molar-refractivity contribution in [1.82, 2.24) is 0 Å². The van der Waals surface area contributed by atoms with E-state index in [9.17, 15) is 0 Å². The maximum atomic E-state index is 6.22. The molecule has 0 aliphatic carbocycles. The van der Waals surface area contributed by atoms with Crippen LogP contribution in [-0.2, 0) is 12.8 Å². The van der Waals surface area contributed by atoms with Crippen LogP contribution in [0, 0.1) is 0 Å². The van der Waals surface area contributed by atoms with Crippen LogP contribution in [0.4, 0.5) is 0 Å². The molecule has 1 aliphatic rings. The van der Waals surface area contributed by atoms with E-state index in [-0.39, 0.29) is 6.04 Å². The Hall–Kier alpha value is -1.74. The van der Waals surface area contributed by atoms with Crippen molar-refractivity contribution in [2.75, 3.05) is 6.61 Å². The number of benzene rings is 1. The maximum absolute atomic E-state index is 6.22. The van der Waals surface area contributed by atoms with Gasteiger partial charge < -0.3 is 14.9 Å². The summed E-state index contributed by atoms with van der Waals surface area (Å²) in [6.45, 7) is 0.792. The van der Waals surface area contributed by atoms with Gasteiger partial charge in [0.15, 0.2) is 0 Å². The molecule has 0 bridgehead atoms. The summed E-state index contributed by atoms with van der Waals surface area (Å²) in [4.78, 5) is 0. The number of rotatable bonds is 4. The summed E-state index contributed by atoms with van der Waals surface area (Å²) in [6.07, 6.45) is 4.47. The fourth-order valence-electron chi connectivity index (χ4n) is 2.36. The van der Waals surface area contributed by atoms with E-state index in [1.54, 1.807) is 6.26 Å². The molecule has 1 unspecified atom stereocenters. The second kappa shape index (κ2) is 4.86. The molecule has 0 fully saturated rings. The van der Waals surface area contributed by atoms with Gasteiger partial charge >= 0.3 is 0 Å². The Morgan fingerprint density at radius 3 is 3.06 bits per heavy atom. The molecule has 1 aromatic carbocycles. The molecular formula is C15H17NO2. The van der Waals surface area contributed by atoms with E-state index < -0.39 is 0 Å². The summed E-state index contributed by atoms with van der Waals surface area (Å²) < 4.78 is 10.8. The lowest BCUT2D eigenvalue weighted by Crippen LogP contribution is -2.11. The predicted octanol–water partition coefficient (Wildman–Crippen LogP) is 2.85. The smallest absolute Gasteiger partial charge is 0.122 e. The third-order valence-electron chi connectivity index (χ3n) is 3.42. The van der Waals surface area contributed by atoms with E-state index in [2.05, 4.69) is 12.1 Å². The minimum atomic E-state index is 0.0565. The minimum absolute atomic E-state index is 0.0565. The number of hydrogen-bond donors (Lipinski definition) is 1. The van der Waals surface area contributed by atoms with Gasteiger partial charge in [0.2, 0.25) is 0 Å². The van der Waals surface area contributed by atoms with Crippen LogP contribution in [0.3, 0.4) is 0 Å². The number of nitrogens with two attached hydrogens (primary N) is 1. The summed E-state index contributed by atoms with van der Waals surface area (Å²) in [5.41, 5.74) is 8.69. The van der Waals surface area contributed by atoms with Gasteiger partial charge in [-0.2, -0.15) is 0 Å². The van der Waals surface area contributed by atoms with Gasteiger partial charge in [0.25, 0.3) is 0 Å². The largest absolute Gasteiger partial charge is 0.493 e. The molecule has 0 radical (unpaired) electrons. The van der Waals surface area contributed by atoms with E-state index in [1.165, 1.54) is 11.1 Å². The lowest BCUT2D eigenvalue weighted by Gasteiger charge is -2.12. The van der Waals surface area contributed by atoms with Crippen LogP contribution < -0.4 is 10.5 Å². The SMILES string of the molecule is NC(CCc1ccco1)c1ccc2c(c1)CCO2. The molecule has 1 aliphatic heterocycles. The van der Waals surface area contributed by atoms with Crippen molar-refractivity contribution < 1.29 is 9.15 Å².